The van der Waals surface area contributed by atoms with Crippen LogP contribution in [0.5, 0.6) is 0 Å². The number of hydrogen-bond donors (Lipinski definition) is 0. The van der Waals surface area contributed by atoms with Gasteiger partial charge in [-0.05, 0) is 26.7 Å². The van der Waals surface area contributed by atoms with Crippen molar-refractivity contribution in [3.63, 3.8) is 0 Å². The maximum Gasteiger partial charge on any atom is 0.354 e. The Morgan fingerprint density at radius 3 is 2.54 bits per heavy atom. The minimum absolute atomic E-state index is 0.188. The lowest BCUT2D eigenvalue weighted by atomic mass is 10.3. The molecule has 0 amide bonds. The number of carbonyl (C=O) groups is 1. The van der Waals surface area contributed by atoms with Crippen LogP contribution in [0.3, 0.4) is 0 Å². The van der Waals surface area contributed by atoms with E-state index in [4.69, 9.17) is 4.74 Å². The molecule has 13 heavy (non-hydrogen) atoms. The van der Waals surface area contributed by atoms with Gasteiger partial charge < -0.3 is 9.64 Å². The summed E-state index contributed by atoms with van der Waals surface area (Å²) in [6.45, 7) is 6.13. The molecule has 1 heterocycles. The van der Waals surface area contributed by atoms with E-state index in [9.17, 15) is 4.79 Å². The normalized spacial score (nSPS) is 17.7. The van der Waals surface area contributed by atoms with E-state index in [0.29, 0.717) is 6.61 Å². The van der Waals surface area contributed by atoms with Gasteiger partial charge in [-0.1, -0.05) is 6.08 Å². The second-order valence-electron chi connectivity index (χ2n) is 3.09. The molecule has 0 saturated carbocycles. The van der Waals surface area contributed by atoms with Crippen LogP contribution in [-0.4, -0.2) is 30.6 Å². The van der Waals surface area contributed by atoms with E-state index in [1.807, 2.05) is 19.9 Å². The van der Waals surface area contributed by atoms with Gasteiger partial charge in [-0.2, -0.15) is 0 Å². The van der Waals surface area contributed by atoms with Gasteiger partial charge in [0, 0.05) is 13.1 Å². The predicted molar refractivity (Wildman–Crippen MR) is 51.2 cm³/mol. The summed E-state index contributed by atoms with van der Waals surface area (Å²) in [5, 5.41) is 0. The van der Waals surface area contributed by atoms with Crippen molar-refractivity contribution in [1.82, 2.24) is 4.90 Å². The molecule has 0 unspecified atom stereocenters. The average Bonchev–Trinajstić information content (AvgIpc) is 2.59. The molecule has 0 spiro atoms. The van der Waals surface area contributed by atoms with Crippen LogP contribution in [-0.2, 0) is 9.53 Å². The van der Waals surface area contributed by atoms with Crippen LogP contribution in [0.4, 0.5) is 0 Å². The second kappa shape index (κ2) is 4.90. The molecule has 0 N–H and O–H groups in total. The lowest BCUT2D eigenvalue weighted by Crippen LogP contribution is -2.25. The van der Waals surface area contributed by atoms with Crippen LogP contribution in [0.25, 0.3) is 0 Å². The monoisotopic (exact) mass is 183 g/mol. The quantitative estimate of drug-likeness (QED) is 0.491. The molecule has 3 nitrogen and oxygen atoms in total. The fourth-order valence-electron chi connectivity index (χ4n) is 1.59. The zero-order chi connectivity index (χ0) is 9.68. The Morgan fingerprint density at radius 1 is 1.46 bits per heavy atom. The molecule has 0 radical (unpaired) electrons. The number of ether oxygens (including phenoxy) is 1. The summed E-state index contributed by atoms with van der Waals surface area (Å²) in [6.07, 6.45) is 4.19. The van der Waals surface area contributed by atoms with Crippen molar-refractivity contribution in [1.29, 1.82) is 0 Å². The summed E-state index contributed by atoms with van der Waals surface area (Å²) in [7, 11) is 0. The molecule has 3 heteroatoms. The van der Waals surface area contributed by atoms with Crippen molar-refractivity contribution in [3.8, 4) is 0 Å². The molecule has 1 rings (SSSR count). The first-order valence-electron chi connectivity index (χ1n) is 4.88. The number of esters is 1. The van der Waals surface area contributed by atoms with Gasteiger partial charge in [0.2, 0.25) is 0 Å². The maximum atomic E-state index is 11.4. The van der Waals surface area contributed by atoms with Crippen LogP contribution in [0.2, 0.25) is 0 Å². The molecule has 0 aliphatic carbocycles. The Bertz CT molecular complexity index is 205. The highest BCUT2D eigenvalue weighted by Gasteiger charge is 2.20. The van der Waals surface area contributed by atoms with E-state index in [0.717, 1.165) is 18.8 Å². The number of likely N-dealkylation sites (tertiary alicyclic amines) is 1. The Kier molecular flexibility index (Phi) is 3.80. The molecule has 1 fully saturated rings. The van der Waals surface area contributed by atoms with Gasteiger partial charge in [-0.15, -0.1) is 0 Å². The van der Waals surface area contributed by atoms with Crippen LogP contribution in [0, 0.1) is 0 Å². The number of hydrogen-bond acceptors (Lipinski definition) is 3. The second-order valence-corrected chi connectivity index (χ2v) is 3.09. The molecule has 0 aromatic carbocycles. The van der Waals surface area contributed by atoms with E-state index < -0.39 is 0 Å². The van der Waals surface area contributed by atoms with E-state index in [1.54, 1.807) is 0 Å². The third-order valence-electron chi connectivity index (χ3n) is 2.20. The van der Waals surface area contributed by atoms with Crippen LogP contribution >= 0.6 is 0 Å². The number of nitrogens with zero attached hydrogens (tertiary/aromatic N) is 1. The predicted octanol–water partition coefficient (Wildman–Crippen LogP) is 1.55. The lowest BCUT2D eigenvalue weighted by Gasteiger charge is -2.19. The van der Waals surface area contributed by atoms with Crippen molar-refractivity contribution < 1.29 is 9.53 Å². The Balaban J connectivity index is 2.56. The minimum atomic E-state index is -0.188. The van der Waals surface area contributed by atoms with Crippen molar-refractivity contribution in [2.24, 2.45) is 0 Å². The van der Waals surface area contributed by atoms with Gasteiger partial charge in [0.15, 0.2) is 0 Å². The Morgan fingerprint density at radius 2 is 2.08 bits per heavy atom. The summed E-state index contributed by atoms with van der Waals surface area (Å²) in [5.74, 6) is -0.188. The molecule has 1 aliphatic heterocycles. The summed E-state index contributed by atoms with van der Waals surface area (Å²) >= 11 is 0. The number of carbonyl (C=O) groups excluding carboxylic acids is 1. The molecular weight excluding hydrogens is 166 g/mol. The van der Waals surface area contributed by atoms with Crippen molar-refractivity contribution in [2.45, 2.75) is 26.7 Å². The van der Waals surface area contributed by atoms with Gasteiger partial charge in [-0.3, -0.25) is 0 Å². The molecular formula is C10H17NO2. The standard InChI is InChI=1S/C10H17NO2/c1-3-9(10(12)13-4-2)11-7-5-6-8-11/h3H,4-8H2,1-2H3/b9-3-. The maximum absolute atomic E-state index is 11.4. The molecule has 0 bridgehead atoms. The van der Waals surface area contributed by atoms with Gasteiger partial charge in [0.05, 0.1) is 6.61 Å². The van der Waals surface area contributed by atoms with E-state index in [-0.39, 0.29) is 5.97 Å². The van der Waals surface area contributed by atoms with Crippen molar-refractivity contribution in [3.05, 3.63) is 11.8 Å². The summed E-state index contributed by atoms with van der Waals surface area (Å²) in [4.78, 5) is 13.5. The molecule has 1 aliphatic rings. The molecule has 0 aromatic rings. The van der Waals surface area contributed by atoms with E-state index in [2.05, 4.69) is 4.90 Å². The highest BCUT2D eigenvalue weighted by atomic mass is 16.5. The van der Waals surface area contributed by atoms with Crippen LogP contribution in [0.1, 0.15) is 26.7 Å². The van der Waals surface area contributed by atoms with E-state index in [1.165, 1.54) is 12.8 Å². The third-order valence-corrected chi connectivity index (χ3v) is 2.20. The third kappa shape index (κ3) is 2.47. The largest absolute Gasteiger partial charge is 0.461 e. The minimum Gasteiger partial charge on any atom is -0.461 e. The first-order valence-corrected chi connectivity index (χ1v) is 4.88. The summed E-state index contributed by atoms with van der Waals surface area (Å²) < 4.78 is 4.96. The van der Waals surface area contributed by atoms with Crippen molar-refractivity contribution >= 4 is 5.97 Å². The molecule has 0 atom stereocenters. The van der Waals surface area contributed by atoms with Crippen LogP contribution in [0.15, 0.2) is 11.8 Å². The van der Waals surface area contributed by atoms with Gasteiger partial charge >= 0.3 is 5.97 Å². The fourth-order valence-corrected chi connectivity index (χ4v) is 1.59. The summed E-state index contributed by atoms with van der Waals surface area (Å²) in [6, 6.07) is 0. The van der Waals surface area contributed by atoms with Gasteiger partial charge in [-0.25, -0.2) is 4.79 Å². The fraction of sp³-hybridized carbons (Fsp3) is 0.700. The highest BCUT2D eigenvalue weighted by molar-refractivity contribution is 5.87. The van der Waals surface area contributed by atoms with Crippen molar-refractivity contribution in [2.75, 3.05) is 19.7 Å². The number of rotatable bonds is 3. The number of allylic oxidation sites excluding steroid dienone is 1. The Labute approximate surface area is 79.4 Å². The first kappa shape index (κ1) is 10.1. The van der Waals surface area contributed by atoms with E-state index >= 15 is 0 Å². The average molecular weight is 183 g/mol. The van der Waals surface area contributed by atoms with Gasteiger partial charge in [0.25, 0.3) is 0 Å². The topological polar surface area (TPSA) is 29.5 Å². The molecule has 1 saturated heterocycles. The lowest BCUT2D eigenvalue weighted by molar-refractivity contribution is -0.140. The zero-order valence-electron chi connectivity index (χ0n) is 8.38. The van der Waals surface area contributed by atoms with Crippen LogP contribution < -0.4 is 0 Å². The smallest absolute Gasteiger partial charge is 0.354 e. The summed E-state index contributed by atoms with van der Waals surface area (Å²) in [5.41, 5.74) is 0.722. The molecule has 74 valence electrons. The Hall–Kier alpha value is -0.990. The first-order chi connectivity index (χ1) is 6.29. The van der Waals surface area contributed by atoms with Gasteiger partial charge in [0.1, 0.15) is 5.70 Å². The zero-order valence-corrected chi connectivity index (χ0v) is 8.38. The molecule has 0 aromatic heterocycles. The SMILES string of the molecule is C/C=C(/C(=O)OCC)N1CCCC1. The highest BCUT2D eigenvalue weighted by Crippen LogP contribution is 2.15.